The average molecular weight is 185 g/mol. The summed E-state index contributed by atoms with van der Waals surface area (Å²) < 4.78 is 0. The fourth-order valence-corrected chi connectivity index (χ4v) is 1.14. The number of aryl methyl sites for hydroxylation is 1. The first kappa shape index (κ1) is 9.36. The average Bonchev–Trinajstić information content (AvgIpc) is 2.05. The molecule has 0 N–H and O–H groups in total. The molecule has 0 spiro atoms. The first-order chi connectivity index (χ1) is 5.74. The Morgan fingerprint density at radius 1 is 1.50 bits per heavy atom. The molecule has 0 saturated carbocycles. The predicted octanol–water partition coefficient (Wildman–Crippen LogP) is 2.54. The molecule has 0 unspecified atom stereocenters. The van der Waals surface area contributed by atoms with Crippen molar-refractivity contribution < 1.29 is 0 Å². The van der Waals surface area contributed by atoms with Gasteiger partial charge in [0.25, 0.3) is 0 Å². The fourth-order valence-electron chi connectivity index (χ4n) is 0.989. The van der Waals surface area contributed by atoms with Crippen molar-refractivity contribution >= 4 is 17.3 Å². The Balaban J connectivity index is 2.73. The second-order valence-electron chi connectivity index (χ2n) is 2.63. The summed E-state index contributed by atoms with van der Waals surface area (Å²) in [6, 6.07) is 7.45. The van der Waals surface area contributed by atoms with E-state index in [-0.39, 0.29) is 0 Å². The Morgan fingerprint density at radius 3 is 2.83 bits per heavy atom. The molecule has 0 aliphatic carbocycles. The van der Waals surface area contributed by atoms with Gasteiger partial charge in [-0.25, -0.2) is 0 Å². The number of halogens is 1. The number of hydrogen-bond acceptors (Lipinski definition) is 2. The normalized spacial score (nSPS) is 9.92. The number of anilines is 1. The van der Waals surface area contributed by atoms with Crippen LogP contribution in [0.4, 0.5) is 5.69 Å². The van der Waals surface area contributed by atoms with Crippen LogP contribution in [0.3, 0.4) is 0 Å². The van der Waals surface area contributed by atoms with Gasteiger partial charge in [-0.3, -0.25) is 0 Å². The van der Waals surface area contributed by atoms with Crippen LogP contribution in [-0.4, -0.2) is 12.4 Å². The lowest BCUT2D eigenvalue weighted by Crippen LogP contribution is -2.17. The van der Waals surface area contributed by atoms with Crippen LogP contribution < -0.4 is 5.06 Å². The van der Waals surface area contributed by atoms with Gasteiger partial charge in [-0.15, -0.1) is 11.6 Å². The topological polar surface area (TPSA) is 26.3 Å². The minimum atomic E-state index is 0.338. The summed E-state index contributed by atoms with van der Waals surface area (Å²) >= 11 is 5.44. The van der Waals surface area contributed by atoms with Crippen molar-refractivity contribution in [1.82, 2.24) is 0 Å². The highest BCUT2D eigenvalue weighted by Crippen LogP contribution is 2.14. The summed E-state index contributed by atoms with van der Waals surface area (Å²) in [5.74, 6) is 0.359. The minimum absolute atomic E-state index is 0.338. The van der Waals surface area contributed by atoms with Gasteiger partial charge in [0.15, 0.2) is 0 Å². The SMILES string of the molecule is Cc1cccc(N([O-])CCCl)c1. The highest BCUT2D eigenvalue weighted by molar-refractivity contribution is 6.18. The van der Waals surface area contributed by atoms with Crippen molar-refractivity contribution in [3.05, 3.63) is 35.0 Å². The highest BCUT2D eigenvalue weighted by Gasteiger charge is 1.93. The van der Waals surface area contributed by atoms with Crippen LogP contribution >= 0.6 is 11.6 Å². The van der Waals surface area contributed by atoms with E-state index >= 15 is 0 Å². The number of rotatable bonds is 3. The number of hydrogen-bond donors (Lipinski definition) is 0. The number of alkyl halides is 1. The number of benzene rings is 1. The molecule has 1 rings (SSSR count). The van der Waals surface area contributed by atoms with Crippen LogP contribution in [0.15, 0.2) is 24.3 Å². The Bertz CT molecular complexity index is 252. The van der Waals surface area contributed by atoms with E-state index in [0.717, 1.165) is 10.6 Å². The van der Waals surface area contributed by atoms with E-state index in [1.165, 1.54) is 0 Å². The van der Waals surface area contributed by atoms with Gasteiger partial charge in [0.1, 0.15) is 0 Å². The molecule has 0 heterocycles. The summed E-state index contributed by atoms with van der Waals surface area (Å²) in [4.78, 5) is 0. The Morgan fingerprint density at radius 2 is 2.25 bits per heavy atom. The molecule has 0 radical (unpaired) electrons. The molecule has 12 heavy (non-hydrogen) atoms. The summed E-state index contributed by atoms with van der Waals surface area (Å²) in [7, 11) is 0. The van der Waals surface area contributed by atoms with Crippen LogP contribution in [0.25, 0.3) is 0 Å². The first-order valence-electron chi connectivity index (χ1n) is 3.81. The van der Waals surface area contributed by atoms with Gasteiger partial charge in [-0.05, 0) is 24.6 Å². The standard InChI is InChI=1S/C9H11ClNO/c1-8-3-2-4-9(7-8)11(12)6-5-10/h2-4,7H,5-6H2,1H3/q-1. The van der Waals surface area contributed by atoms with Crippen LogP contribution in [0.2, 0.25) is 0 Å². The Hall–Kier alpha value is -0.730. The molecule has 0 aliphatic heterocycles. The molecule has 66 valence electrons. The van der Waals surface area contributed by atoms with E-state index in [9.17, 15) is 5.21 Å². The van der Waals surface area contributed by atoms with Crippen LogP contribution in [0.1, 0.15) is 5.56 Å². The molecule has 0 aliphatic rings. The van der Waals surface area contributed by atoms with Crippen molar-refractivity contribution in [1.29, 1.82) is 0 Å². The molecule has 0 amide bonds. The molecule has 0 atom stereocenters. The van der Waals surface area contributed by atoms with E-state index in [2.05, 4.69) is 0 Å². The molecule has 0 saturated heterocycles. The second-order valence-corrected chi connectivity index (χ2v) is 3.01. The third-order valence-electron chi connectivity index (χ3n) is 1.58. The Kier molecular flexibility index (Phi) is 3.38. The van der Waals surface area contributed by atoms with E-state index in [4.69, 9.17) is 11.6 Å². The largest absolute Gasteiger partial charge is 0.758 e. The van der Waals surface area contributed by atoms with Gasteiger partial charge in [0.05, 0.1) is 0 Å². The lowest BCUT2D eigenvalue weighted by molar-refractivity contribution is 1.03. The molecular formula is C9H11ClNO-. The molecule has 1 aromatic carbocycles. The zero-order chi connectivity index (χ0) is 8.97. The number of hydroxylamine groups is 1. The van der Waals surface area contributed by atoms with Gasteiger partial charge in [-0.1, -0.05) is 12.1 Å². The van der Waals surface area contributed by atoms with Gasteiger partial charge in [0, 0.05) is 18.1 Å². The smallest absolute Gasteiger partial charge is 0.0390 e. The number of nitrogens with zero attached hydrogens (tertiary/aromatic N) is 1. The maximum atomic E-state index is 11.2. The third kappa shape index (κ3) is 2.40. The van der Waals surface area contributed by atoms with Crippen LogP contribution in [0, 0.1) is 12.1 Å². The van der Waals surface area contributed by atoms with Gasteiger partial charge in [0.2, 0.25) is 0 Å². The van der Waals surface area contributed by atoms with E-state index in [1.54, 1.807) is 6.07 Å². The van der Waals surface area contributed by atoms with Crippen molar-refractivity contribution in [3.63, 3.8) is 0 Å². The summed E-state index contributed by atoms with van der Waals surface area (Å²) in [5, 5.41) is 12.1. The summed E-state index contributed by atoms with van der Waals surface area (Å²) in [6.45, 7) is 2.29. The molecule has 2 nitrogen and oxygen atoms in total. The van der Waals surface area contributed by atoms with Crippen LogP contribution in [-0.2, 0) is 0 Å². The van der Waals surface area contributed by atoms with Gasteiger partial charge < -0.3 is 10.3 Å². The van der Waals surface area contributed by atoms with E-state index in [1.807, 2.05) is 25.1 Å². The zero-order valence-corrected chi connectivity index (χ0v) is 7.71. The summed E-state index contributed by atoms with van der Waals surface area (Å²) in [5.41, 5.74) is 1.76. The molecule has 0 bridgehead atoms. The zero-order valence-electron chi connectivity index (χ0n) is 6.96. The molecular weight excluding hydrogens is 174 g/mol. The van der Waals surface area contributed by atoms with Crippen molar-refractivity contribution in [2.75, 3.05) is 17.5 Å². The quantitative estimate of drug-likeness (QED) is 0.533. The third-order valence-corrected chi connectivity index (χ3v) is 1.75. The molecule has 0 aromatic heterocycles. The molecule has 3 heteroatoms. The van der Waals surface area contributed by atoms with Crippen molar-refractivity contribution in [2.45, 2.75) is 6.92 Å². The maximum Gasteiger partial charge on any atom is 0.0390 e. The Labute approximate surface area is 77.3 Å². The first-order valence-corrected chi connectivity index (χ1v) is 4.35. The maximum absolute atomic E-state index is 11.2. The lowest BCUT2D eigenvalue weighted by atomic mass is 10.2. The van der Waals surface area contributed by atoms with Crippen molar-refractivity contribution in [3.8, 4) is 0 Å². The van der Waals surface area contributed by atoms with E-state index in [0.29, 0.717) is 18.1 Å². The second kappa shape index (κ2) is 4.33. The highest BCUT2D eigenvalue weighted by atomic mass is 35.5. The fraction of sp³-hybridized carbons (Fsp3) is 0.333. The van der Waals surface area contributed by atoms with Gasteiger partial charge >= 0.3 is 0 Å². The lowest BCUT2D eigenvalue weighted by Gasteiger charge is -2.29. The predicted molar refractivity (Wildman–Crippen MR) is 52.6 cm³/mol. The monoisotopic (exact) mass is 184 g/mol. The molecule has 0 fully saturated rings. The van der Waals surface area contributed by atoms with Crippen LogP contribution in [0.5, 0.6) is 0 Å². The molecule has 1 aromatic rings. The van der Waals surface area contributed by atoms with Crippen molar-refractivity contribution in [2.24, 2.45) is 0 Å². The minimum Gasteiger partial charge on any atom is -0.758 e. The summed E-state index contributed by atoms with van der Waals surface area (Å²) in [6.07, 6.45) is 0. The van der Waals surface area contributed by atoms with E-state index < -0.39 is 0 Å². The van der Waals surface area contributed by atoms with Gasteiger partial charge in [-0.2, -0.15) is 0 Å².